The first-order valence-corrected chi connectivity index (χ1v) is 11.3. The minimum absolute atomic E-state index is 0.122. The summed E-state index contributed by atoms with van der Waals surface area (Å²) >= 11 is 0. The predicted octanol–water partition coefficient (Wildman–Crippen LogP) is 0.713. The number of hydrogen-bond acceptors (Lipinski definition) is 7. The molecule has 0 radical (unpaired) electrons. The van der Waals surface area contributed by atoms with Crippen molar-refractivity contribution in [3.05, 3.63) is 71.8 Å². The molecule has 1 N–H and O–H groups in total. The summed E-state index contributed by atoms with van der Waals surface area (Å²) in [4.78, 5) is 0. The van der Waals surface area contributed by atoms with E-state index in [2.05, 4.69) is 91.7 Å². The van der Waals surface area contributed by atoms with Crippen LogP contribution in [-0.2, 0) is 4.74 Å². The van der Waals surface area contributed by atoms with Crippen LogP contribution in [0.1, 0.15) is 49.4 Å². The number of hydrogen-bond donors (Lipinski definition) is 1. The summed E-state index contributed by atoms with van der Waals surface area (Å²) in [6, 6.07) is 21.9. The molecule has 0 bridgehead atoms. The number of nitrogens with zero attached hydrogens (tertiary/aromatic N) is 2. The maximum absolute atomic E-state index is 8.60. The van der Waals surface area contributed by atoms with Crippen molar-refractivity contribution in [1.29, 1.82) is 0 Å². The van der Waals surface area contributed by atoms with Gasteiger partial charge in [-0.3, -0.25) is 0 Å². The Morgan fingerprint density at radius 1 is 0.833 bits per heavy atom. The molecule has 2 unspecified atom stereocenters. The third-order valence-corrected chi connectivity index (χ3v) is 5.27. The van der Waals surface area contributed by atoms with Crippen LogP contribution >= 0.6 is 0 Å². The van der Waals surface area contributed by atoms with Crippen molar-refractivity contribution < 1.29 is 33.6 Å². The topological polar surface area (TPSA) is 105 Å². The second kappa shape index (κ2) is 11.7. The lowest BCUT2D eigenvalue weighted by Gasteiger charge is -2.27. The van der Waals surface area contributed by atoms with E-state index in [4.69, 9.17) is 23.4 Å². The number of benzene rings is 2. The first-order chi connectivity index (χ1) is 14.2. The van der Waals surface area contributed by atoms with E-state index in [0.717, 1.165) is 13.0 Å². The van der Waals surface area contributed by atoms with E-state index in [0.29, 0.717) is 0 Å². The van der Waals surface area contributed by atoms with E-state index < -0.39 is 10.2 Å². The Hall–Kier alpha value is -1.55. The quantitative estimate of drug-likeness (QED) is 0.634. The van der Waals surface area contributed by atoms with Crippen LogP contribution < -0.4 is 14.0 Å². The first-order valence-electron chi connectivity index (χ1n) is 10.0. The summed E-state index contributed by atoms with van der Waals surface area (Å²) in [6.07, 6.45) is 3.70. The van der Waals surface area contributed by atoms with Crippen LogP contribution in [0.5, 0.6) is 0 Å². The van der Waals surface area contributed by atoms with Crippen molar-refractivity contribution in [2.24, 2.45) is 0 Å². The van der Waals surface area contributed by atoms with Crippen LogP contribution in [0.15, 0.2) is 60.7 Å². The largest absolute Gasteiger partial charge is 0.374 e. The Balaban J connectivity index is 0.000000575. The molecule has 2 aromatic carbocycles. The summed E-state index contributed by atoms with van der Waals surface area (Å²) in [5, 5.41) is 4.66. The number of ether oxygens (including phenoxy) is 1. The Morgan fingerprint density at radius 2 is 1.23 bits per heavy atom. The second-order valence-electron chi connectivity index (χ2n) is 7.30. The average Bonchev–Trinajstić information content (AvgIpc) is 2.95. The maximum Gasteiger partial charge on any atom is 0.0995 e. The van der Waals surface area contributed by atoms with Gasteiger partial charge in [-0.2, -0.15) is 14.0 Å². The van der Waals surface area contributed by atoms with Crippen LogP contribution in [0.2, 0.25) is 0 Å². The zero-order valence-corrected chi connectivity index (χ0v) is 18.4. The summed E-state index contributed by atoms with van der Waals surface area (Å²) in [5.41, 5.74) is 2.63. The van der Waals surface area contributed by atoms with Crippen molar-refractivity contribution in [2.45, 2.75) is 44.4 Å². The van der Waals surface area contributed by atoms with Crippen molar-refractivity contribution in [3.8, 4) is 0 Å². The molecule has 0 spiro atoms. The molecule has 3 rings (SSSR count). The van der Waals surface area contributed by atoms with E-state index in [-0.39, 0.29) is 18.2 Å². The van der Waals surface area contributed by atoms with Gasteiger partial charge in [0, 0.05) is 20.7 Å². The summed E-state index contributed by atoms with van der Waals surface area (Å²) in [6.45, 7) is 3.06. The Kier molecular flexibility index (Phi) is 9.67. The maximum atomic E-state index is 8.60. The molecular weight excluding hydrogens is 408 g/mol. The van der Waals surface area contributed by atoms with Gasteiger partial charge in [0.15, 0.2) is 0 Å². The van der Waals surface area contributed by atoms with Gasteiger partial charge >= 0.3 is 0 Å². The molecule has 0 aliphatic carbocycles. The SMILES string of the molecule is CCCCCOC1C(c2ccccc2)N(C)N(C)C1c1ccccc1.[O-][Cl+3]([O-])([O-])O. The normalized spacial score (nSPS) is 22.6. The Morgan fingerprint density at radius 3 is 1.60 bits per heavy atom. The molecule has 1 aliphatic heterocycles. The zero-order valence-electron chi connectivity index (χ0n) is 17.7. The van der Waals surface area contributed by atoms with Gasteiger partial charge < -0.3 is 4.74 Å². The van der Waals surface area contributed by atoms with E-state index in [1.807, 2.05) is 0 Å². The molecule has 1 heterocycles. The van der Waals surface area contributed by atoms with E-state index in [9.17, 15) is 0 Å². The Labute approximate surface area is 180 Å². The van der Waals surface area contributed by atoms with Crippen molar-refractivity contribution in [3.63, 3.8) is 0 Å². The van der Waals surface area contributed by atoms with Crippen LogP contribution in [-0.4, -0.2) is 41.5 Å². The average molecular weight is 439 g/mol. The van der Waals surface area contributed by atoms with Crippen molar-refractivity contribution in [2.75, 3.05) is 20.7 Å². The molecule has 1 saturated heterocycles. The third kappa shape index (κ3) is 7.30. The summed E-state index contributed by atoms with van der Waals surface area (Å²) in [5.74, 6) is 0. The fourth-order valence-corrected chi connectivity index (χ4v) is 3.86. The lowest BCUT2D eigenvalue weighted by molar-refractivity contribution is -1.92. The molecule has 2 aromatic rings. The lowest BCUT2D eigenvalue weighted by atomic mass is 9.94. The first kappa shape index (κ1) is 24.7. The van der Waals surface area contributed by atoms with Gasteiger partial charge in [-0.05, 0) is 17.5 Å². The highest BCUT2D eigenvalue weighted by atomic mass is 35.7. The van der Waals surface area contributed by atoms with E-state index in [1.165, 1.54) is 24.0 Å². The predicted molar refractivity (Wildman–Crippen MR) is 105 cm³/mol. The molecule has 7 nitrogen and oxygen atoms in total. The summed E-state index contributed by atoms with van der Waals surface area (Å²) < 4.78 is 39.2. The molecule has 1 fully saturated rings. The standard InChI is InChI=1S/C22H30N2O.ClHO4/c1-4-5-12-17-25-22-20(18-13-8-6-9-14-18)23(2)24(3)21(22)19-15-10-7-11-16-19;2-1(3,4)5/h6-11,13-16,20-22H,4-5,12,17H2,1-3H3;(H,2,3,4,5). The minimum atomic E-state index is -4.69. The van der Waals surface area contributed by atoms with Gasteiger partial charge in [-0.25, -0.2) is 10.0 Å². The molecule has 0 amide bonds. The Bertz CT molecular complexity index is 672. The van der Waals surface area contributed by atoms with Gasteiger partial charge in [-0.1, -0.05) is 80.4 Å². The molecule has 0 saturated carbocycles. The number of rotatable bonds is 7. The fourth-order valence-electron chi connectivity index (χ4n) is 3.86. The number of likely N-dealkylation sites (N-methyl/N-ethyl adjacent to an activating group) is 2. The highest BCUT2D eigenvalue weighted by Gasteiger charge is 2.46. The smallest absolute Gasteiger partial charge is 0.0995 e. The van der Waals surface area contributed by atoms with Gasteiger partial charge in [0.05, 0.1) is 33.1 Å². The molecule has 166 valence electrons. The van der Waals surface area contributed by atoms with E-state index >= 15 is 0 Å². The zero-order chi connectivity index (χ0) is 22.1. The summed E-state index contributed by atoms with van der Waals surface area (Å²) in [7, 11) is -0.355. The molecule has 8 heteroatoms. The monoisotopic (exact) mass is 438 g/mol. The van der Waals surface area contributed by atoms with Gasteiger partial charge in [0.25, 0.3) is 0 Å². The van der Waals surface area contributed by atoms with Crippen LogP contribution in [0.3, 0.4) is 0 Å². The molecule has 1 aliphatic rings. The molecule has 30 heavy (non-hydrogen) atoms. The fraction of sp³-hybridized carbons (Fsp3) is 0.455. The number of halogens is 1. The molecule has 0 aromatic heterocycles. The van der Waals surface area contributed by atoms with Crippen molar-refractivity contribution in [1.82, 2.24) is 10.0 Å². The van der Waals surface area contributed by atoms with E-state index in [1.54, 1.807) is 0 Å². The highest BCUT2D eigenvalue weighted by molar-refractivity contribution is 5.27. The number of unbranched alkanes of at least 4 members (excludes halogenated alkanes) is 2. The molecule has 2 atom stereocenters. The van der Waals surface area contributed by atoms with Crippen LogP contribution in [0.25, 0.3) is 0 Å². The minimum Gasteiger partial charge on any atom is -0.374 e. The number of hydrazine groups is 1. The molecular formula is C22H31ClN2O5. The third-order valence-electron chi connectivity index (χ3n) is 5.27. The second-order valence-corrected chi connectivity index (χ2v) is 8.09. The van der Waals surface area contributed by atoms with Crippen molar-refractivity contribution >= 4 is 0 Å². The lowest BCUT2D eigenvalue weighted by Crippen LogP contribution is -2.58. The van der Waals surface area contributed by atoms with Crippen LogP contribution in [0, 0.1) is 10.2 Å². The van der Waals surface area contributed by atoms with Crippen LogP contribution in [0.4, 0.5) is 0 Å². The van der Waals surface area contributed by atoms with Gasteiger partial charge in [0.1, 0.15) is 0 Å². The highest BCUT2D eigenvalue weighted by Crippen LogP contribution is 2.44. The van der Waals surface area contributed by atoms with Gasteiger partial charge in [0.2, 0.25) is 0 Å². The van der Waals surface area contributed by atoms with Gasteiger partial charge in [-0.15, -0.1) is 0 Å².